The Balaban J connectivity index is 3.38. The van der Waals surface area contributed by atoms with Gasteiger partial charge in [-0.3, -0.25) is 0 Å². The molecule has 0 aromatic carbocycles. The van der Waals surface area contributed by atoms with E-state index in [1.807, 2.05) is 6.07 Å². The van der Waals surface area contributed by atoms with Crippen LogP contribution in [-0.2, 0) is 9.53 Å². The maximum Gasteiger partial charge on any atom is 0.350 e. The first-order valence-electron chi connectivity index (χ1n) is 8.18. The summed E-state index contributed by atoms with van der Waals surface area (Å²) in [5.41, 5.74) is 0.0181. The first-order chi connectivity index (χ1) is 10.3. The number of ether oxygens (including phenoxy) is 1. The minimum atomic E-state index is -0.590. The molecule has 0 aromatic heterocycles. The number of unbranched alkanes of at least 4 members (excludes halogenated alkanes) is 9. The van der Waals surface area contributed by atoms with Crippen molar-refractivity contribution in [1.29, 1.82) is 5.26 Å². The summed E-state index contributed by atoms with van der Waals surface area (Å²) < 4.78 is 4.49. The van der Waals surface area contributed by atoms with Crippen LogP contribution >= 0.6 is 0 Å². The Morgan fingerprint density at radius 2 is 1.57 bits per heavy atom. The highest BCUT2D eigenvalue weighted by Crippen LogP contribution is 2.10. The lowest BCUT2D eigenvalue weighted by atomic mass is 10.1. The predicted octanol–water partition coefficient (Wildman–Crippen LogP) is 4.08. The Morgan fingerprint density at radius 1 is 1.05 bits per heavy atom. The van der Waals surface area contributed by atoms with Crippen LogP contribution in [-0.4, -0.2) is 19.6 Å². The molecule has 0 saturated heterocycles. The van der Waals surface area contributed by atoms with Crippen molar-refractivity contribution < 1.29 is 9.53 Å². The Hall–Kier alpha value is -1.50. The largest absolute Gasteiger partial charge is 0.465 e. The zero-order chi connectivity index (χ0) is 15.8. The van der Waals surface area contributed by atoms with Crippen LogP contribution in [0.15, 0.2) is 11.8 Å². The van der Waals surface area contributed by atoms with Gasteiger partial charge >= 0.3 is 5.97 Å². The van der Waals surface area contributed by atoms with E-state index in [1.54, 1.807) is 0 Å². The van der Waals surface area contributed by atoms with Gasteiger partial charge in [-0.15, -0.1) is 0 Å². The number of nitrogens with zero attached hydrogens (tertiary/aromatic N) is 1. The third kappa shape index (κ3) is 12.0. The molecule has 0 fully saturated rings. The van der Waals surface area contributed by atoms with Gasteiger partial charge in [-0.05, 0) is 6.42 Å². The summed E-state index contributed by atoms with van der Waals surface area (Å²) in [6.45, 7) is 3.03. The van der Waals surface area contributed by atoms with E-state index in [9.17, 15) is 4.79 Å². The molecule has 0 bridgehead atoms. The molecule has 0 aliphatic rings. The van der Waals surface area contributed by atoms with Crippen LogP contribution in [0.5, 0.6) is 0 Å². The molecule has 0 atom stereocenters. The third-order valence-electron chi connectivity index (χ3n) is 3.45. The van der Waals surface area contributed by atoms with E-state index in [-0.39, 0.29) is 5.57 Å². The average molecular weight is 294 g/mol. The molecule has 0 heterocycles. The Kier molecular flexibility index (Phi) is 13.8. The van der Waals surface area contributed by atoms with Crippen molar-refractivity contribution >= 4 is 5.97 Å². The molecule has 0 amide bonds. The molecule has 0 spiro atoms. The topological polar surface area (TPSA) is 62.1 Å². The molecule has 0 rings (SSSR count). The third-order valence-corrected chi connectivity index (χ3v) is 3.45. The zero-order valence-electron chi connectivity index (χ0n) is 13.6. The van der Waals surface area contributed by atoms with Crippen molar-refractivity contribution in [2.75, 3.05) is 13.7 Å². The number of nitriles is 1. The molecular formula is C17H30N2O2. The number of esters is 1. The van der Waals surface area contributed by atoms with Crippen molar-refractivity contribution in [3.8, 4) is 6.07 Å². The average Bonchev–Trinajstić information content (AvgIpc) is 2.51. The van der Waals surface area contributed by atoms with Gasteiger partial charge < -0.3 is 10.1 Å². The number of hydrogen-bond acceptors (Lipinski definition) is 4. The van der Waals surface area contributed by atoms with Crippen molar-refractivity contribution in [1.82, 2.24) is 5.32 Å². The molecule has 0 unspecified atom stereocenters. The second kappa shape index (κ2) is 14.9. The Bertz CT molecular complexity index is 332. The lowest BCUT2D eigenvalue weighted by Gasteiger charge is -2.03. The van der Waals surface area contributed by atoms with E-state index in [4.69, 9.17) is 5.26 Å². The summed E-state index contributed by atoms with van der Waals surface area (Å²) >= 11 is 0. The quantitative estimate of drug-likeness (QED) is 0.241. The highest BCUT2D eigenvalue weighted by molar-refractivity contribution is 5.92. The molecule has 1 N–H and O–H groups in total. The normalized spacial score (nSPS) is 11.0. The molecule has 4 heteroatoms. The molecule has 0 saturated carbocycles. The summed E-state index contributed by atoms with van der Waals surface area (Å²) in [5, 5.41) is 11.7. The van der Waals surface area contributed by atoms with Crippen molar-refractivity contribution in [2.45, 2.75) is 71.1 Å². The fourth-order valence-electron chi connectivity index (χ4n) is 2.14. The van der Waals surface area contributed by atoms with E-state index in [1.165, 1.54) is 71.1 Å². The van der Waals surface area contributed by atoms with Crippen LogP contribution in [0.1, 0.15) is 71.1 Å². The van der Waals surface area contributed by atoms with Crippen molar-refractivity contribution in [3.05, 3.63) is 11.8 Å². The smallest absolute Gasteiger partial charge is 0.350 e. The van der Waals surface area contributed by atoms with E-state index in [2.05, 4.69) is 17.0 Å². The molecule has 0 aliphatic carbocycles. The maximum absolute atomic E-state index is 11.1. The summed E-state index contributed by atoms with van der Waals surface area (Å²) in [6.07, 6.45) is 14.4. The number of hydrogen-bond donors (Lipinski definition) is 1. The van der Waals surface area contributed by atoms with Crippen molar-refractivity contribution in [3.63, 3.8) is 0 Å². The number of carbonyl (C=O) groups excluding carboxylic acids is 1. The molecule has 4 nitrogen and oxygen atoms in total. The summed E-state index contributed by atoms with van der Waals surface area (Å²) in [7, 11) is 1.27. The zero-order valence-corrected chi connectivity index (χ0v) is 13.6. The van der Waals surface area contributed by atoms with E-state index < -0.39 is 5.97 Å². The number of rotatable bonds is 13. The Morgan fingerprint density at radius 3 is 2.05 bits per heavy atom. The molecule has 21 heavy (non-hydrogen) atoms. The Labute approximate surface area is 129 Å². The van der Waals surface area contributed by atoms with Crippen LogP contribution in [0.4, 0.5) is 0 Å². The van der Waals surface area contributed by atoms with E-state index >= 15 is 0 Å². The first kappa shape index (κ1) is 19.5. The van der Waals surface area contributed by atoms with Gasteiger partial charge in [0.05, 0.1) is 7.11 Å². The monoisotopic (exact) mass is 294 g/mol. The van der Waals surface area contributed by atoms with Crippen LogP contribution in [0, 0.1) is 11.3 Å². The van der Waals surface area contributed by atoms with Gasteiger partial charge in [0.1, 0.15) is 6.07 Å². The van der Waals surface area contributed by atoms with Gasteiger partial charge in [0, 0.05) is 12.7 Å². The molecule has 0 radical (unpaired) electrons. The second-order valence-electron chi connectivity index (χ2n) is 5.30. The standard InChI is InChI=1S/C17H30N2O2/c1-3-4-5-6-7-8-9-10-11-12-13-19-15-16(14-18)17(20)21-2/h15,19H,3-13H2,1-2H3. The summed E-state index contributed by atoms with van der Waals surface area (Å²) in [6, 6.07) is 1.82. The molecule has 120 valence electrons. The van der Waals surface area contributed by atoms with Crippen molar-refractivity contribution in [2.24, 2.45) is 0 Å². The number of carbonyl (C=O) groups is 1. The maximum atomic E-state index is 11.1. The van der Waals surface area contributed by atoms with Crippen LogP contribution in [0.25, 0.3) is 0 Å². The lowest BCUT2D eigenvalue weighted by Crippen LogP contribution is -2.12. The van der Waals surface area contributed by atoms with Gasteiger partial charge in [-0.2, -0.15) is 5.26 Å². The van der Waals surface area contributed by atoms with Crippen LogP contribution < -0.4 is 5.32 Å². The van der Waals surface area contributed by atoms with Gasteiger partial charge in [-0.25, -0.2) is 4.79 Å². The highest BCUT2D eigenvalue weighted by Gasteiger charge is 2.06. The first-order valence-corrected chi connectivity index (χ1v) is 8.18. The summed E-state index contributed by atoms with van der Waals surface area (Å²) in [5.74, 6) is -0.590. The molecular weight excluding hydrogens is 264 g/mol. The molecule has 0 aliphatic heterocycles. The number of methoxy groups -OCH3 is 1. The highest BCUT2D eigenvalue weighted by atomic mass is 16.5. The summed E-state index contributed by atoms with van der Waals surface area (Å²) in [4.78, 5) is 11.1. The van der Waals surface area contributed by atoms with Gasteiger partial charge in [-0.1, -0.05) is 64.7 Å². The SMILES string of the molecule is CCCCCCCCCCCCNC=C(C#N)C(=O)OC. The van der Waals surface area contributed by atoms with Crippen LogP contribution in [0.2, 0.25) is 0 Å². The minimum absolute atomic E-state index is 0.0181. The lowest BCUT2D eigenvalue weighted by molar-refractivity contribution is -0.135. The van der Waals surface area contributed by atoms with E-state index in [0.717, 1.165) is 13.0 Å². The van der Waals surface area contributed by atoms with E-state index in [0.29, 0.717) is 0 Å². The molecule has 0 aromatic rings. The fourth-order valence-corrected chi connectivity index (χ4v) is 2.14. The van der Waals surface area contributed by atoms with Gasteiger partial charge in [0.2, 0.25) is 0 Å². The number of nitrogens with one attached hydrogen (secondary N) is 1. The van der Waals surface area contributed by atoms with Gasteiger partial charge in [0.25, 0.3) is 0 Å². The fraction of sp³-hybridized carbons (Fsp3) is 0.765. The second-order valence-corrected chi connectivity index (χ2v) is 5.30. The van der Waals surface area contributed by atoms with Gasteiger partial charge in [0.15, 0.2) is 5.57 Å². The van der Waals surface area contributed by atoms with Crippen LogP contribution in [0.3, 0.4) is 0 Å². The predicted molar refractivity (Wildman–Crippen MR) is 85.6 cm³/mol. The minimum Gasteiger partial charge on any atom is -0.465 e.